The van der Waals surface area contributed by atoms with Crippen molar-refractivity contribution in [1.29, 1.82) is 0 Å². The minimum Gasteiger partial charge on any atom is -0.293 e. The third-order valence-corrected chi connectivity index (χ3v) is 5.80. The Balaban J connectivity index is 1.90. The average Bonchev–Trinajstić information content (AvgIpc) is 2.75. The number of hydrogen-bond acceptors (Lipinski definition) is 1. The number of rotatable bonds is 8. The van der Waals surface area contributed by atoms with Crippen LogP contribution in [-0.4, -0.2) is 5.78 Å². The van der Waals surface area contributed by atoms with E-state index in [1.807, 2.05) is 31.2 Å². The van der Waals surface area contributed by atoms with Gasteiger partial charge in [-0.15, -0.1) is 0 Å². The SMILES string of the molecule is CCC(CC)c1ccc(CC(C(=O)c2ccc(C)cc2)c2ccc(F)cc2)cc1. The maximum Gasteiger partial charge on any atom is 0.170 e. The Bertz CT molecular complexity index is 920. The van der Waals surface area contributed by atoms with E-state index < -0.39 is 0 Å². The lowest BCUT2D eigenvalue weighted by atomic mass is 9.84. The van der Waals surface area contributed by atoms with Crippen LogP contribution in [0, 0.1) is 12.7 Å². The van der Waals surface area contributed by atoms with E-state index >= 15 is 0 Å². The maximum absolute atomic E-state index is 13.4. The van der Waals surface area contributed by atoms with Gasteiger partial charge in [-0.25, -0.2) is 4.39 Å². The van der Waals surface area contributed by atoms with Gasteiger partial charge in [0.1, 0.15) is 5.82 Å². The van der Waals surface area contributed by atoms with Crippen molar-refractivity contribution in [3.63, 3.8) is 0 Å². The number of Topliss-reactive ketones (excluding diaryl/α,β-unsaturated/α-hetero) is 1. The van der Waals surface area contributed by atoms with E-state index in [1.54, 1.807) is 12.1 Å². The van der Waals surface area contributed by atoms with Crippen molar-refractivity contribution in [3.8, 4) is 0 Å². The molecular formula is C27H29FO. The largest absolute Gasteiger partial charge is 0.293 e. The molecule has 0 aromatic heterocycles. The molecule has 0 saturated heterocycles. The molecule has 0 heterocycles. The van der Waals surface area contributed by atoms with Gasteiger partial charge in [0.05, 0.1) is 5.92 Å². The molecule has 1 atom stereocenters. The second-order valence-corrected chi connectivity index (χ2v) is 7.79. The van der Waals surface area contributed by atoms with E-state index in [-0.39, 0.29) is 17.5 Å². The first-order valence-corrected chi connectivity index (χ1v) is 10.5. The lowest BCUT2D eigenvalue weighted by molar-refractivity contribution is 0.0959. The molecule has 3 aromatic carbocycles. The minimum absolute atomic E-state index is 0.0701. The highest BCUT2D eigenvalue weighted by Crippen LogP contribution is 2.28. The fourth-order valence-corrected chi connectivity index (χ4v) is 3.90. The molecule has 1 unspecified atom stereocenters. The van der Waals surface area contributed by atoms with Gasteiger partial charge in [0.2, 0.25) is 0 Å². The average molecular weight is 389 g/mol. The topological polar surface area (TPSA) is 17.1 Å². The summed E-state index contributed by atoms with van der Waals surface area (Å²) < 4.78 is 13.4. The van der Waals surface area contributed by atoms with Gasteiger partial charge < -0.3 is 0 Å². The van der Waals surface area contributed by atoms with Crippen LogP contribution in [0.1, 0.15) is 71.1 Å². The normalized spacial score (nSPS) is 12.2. The van der Waals surface area contributed by atoms with E-state index in [1.165, 1.54) is 17.7 Å². The molecule has 0 bridgehead atoms. The molecule has 0 amide bonds. The highest BCUT2D eigenvalue weighted by molar-refractivity contribution is 6.01. The Morgan fingerprint density at radius 1 is 0.793 bits per heavy atom. The van der Waals surface area contributed by atoms with E-state index in [2.05, 4.69) is 38.1 Å². The molecule has 3 aromatic rings. The first kappa shape index (κ1) is 21.0. The summed E-state index contributed by atoms with van der Waals surface area (Å²) in [5.74, 6) is 0.0222. The van der Waals surface area contributed by atoms with Gasteiger partial charge in [-0.1, -0.05) is 80.1 Å². The van der Waals surface area contributed by atoms with Crippen molar-refractivity contribution in [2.45, 2.75) is 51.9 Å². The smallest absolute Gasteiger partial charge is 0.170 e. The molecule has 1 nitrogen and oxygen atoms in total. The van der Waals surface area contributed by atoms with Crippen LogP contribution in [0.4, 0.5) is 4.39 Å². The molecule has 0 spiro atoms. The summed E-state index contributed by atoms with van der Waals surface area (Å²) in [6.07, 6.45) is 2.85. The molecule has 0 radical (unpaired) electrons. The summed E-state index contributed by atoms with van der Waals surface area (Å²) in [5, 5.41) is 0. The van der Waals surface area contributed by atoms with Crippen molar-refractivity contribution in [3.05, 3.63) is 106 Å². The van der Waals surface area contributed by atoms with Crippen LogP contribution < -0.4 is 0 Å². The number of aryl methyl sites for hydroxylation is 1. The quantitative estimate of drug-likeness (QED) is 0.372. The zero-order chi connectivity index (χ0) is 20.8. The summed E-state index contributed by atoms with van der Waals surface area (Å²) in [6, 6.07) is 22.6. The molecule has 0 N–H and O–H groups in total. The zero-order valence-electron chi connectivity index (χ0n) is 17.5. The van der Waals surface area contributed by atoms with Crippen LogP contribution in [0.3, 0.4) is 0 Å². The molecule has 0 fully saturated rings. The van der Waals surface area contributed by atoms with E-state index in [4.69, 9.17) is 0 Å². The molecule has 150 valence electrons. The molecule has 3 rings (SSSR count). The van der Waals surface area contributed by atoms with Crippen LogP contribution in [0.25, 0.3) is 0 Å². The Morgan fingerprint density at radius 2 is 1.34 bits per heavy atom. The van der Waals surface area contributed by atoms with Crippen molar-refractivity contribution in [1.82, 2.24) is 0 Å². The van der Waals surface area contributed by atoms with E-state index in [0.29, 0.717) is 17.9 Å². The lowest BCUT2D eigenvalue weighted by Gasteiger charge is -2.18. The van der Waals surface area contributed by atoms with Crippen LogP contribution in [0.5, 0.6) is 0 Å². The van der Waals surface area contributed by atoms with Crippen molar-refractivity contribution < 1.29 is 9.18 Å². The number of benzene rings is 3. The summed E-state index contributed by atoms with van der Waals surface area (Å²) in [4.78, 5) is 13.3. The third-order valence-electron chi connectivity index (χ3n) is 5.80. The second-order valence-electron chi connectivity index (χ2n) is 7.79. The predicted octanol–water partition coefficient (Wildman–Crippen LogP) is 7.25. The Hall–Kier alpha value is -2.74. The monoisotopic (exact) mass is 388 g/mol. The van der Waals surface area contributed by atoms with Crippen LogP contribution in [-0.2, 0) is 6.42 Å². The van der Waals surface area contributed by atoms with Crippen LogP contribution >= 0.6 is 0 Å². The fourth-order valence-electron chi connectivity index (χ4n) is 3.90. The summed E-state index contributed by atoms with van der Waals surface area (Å²) >= 11 is 0. The van der Waals surface area contributed by atoms with E-state index in [9.17, 15) is 9.18 Å². The molecule has 0 aliphatic carbocycles. The van der Waals surface area contributed by atoms with Gasteiger partial charge in [0.25, 0.3) is 0 Å². The van der Waals surface area contributed by atoms with Crippen molar-refractivity contribution >= 4 is 5.78 Å². The number of carbonyl (C=O) groups excluding carboxylic acids is 1. The first-order valence-electron chi connectivity index (χ1n) is 10.5. The molecule has 0 aliphatic heterocycles. The van der Waals surface area contributed by atoms with Gasteiger partial charge in [-0.2, -0.15) is 0 Å². The van der Waals surface area contributed by atoms with Gasteiger partial charge in [-0.05, 0) is 60.9 Å². The molecular weight excluding hydrogens is 359 g/mol. The second kappa shape index (κ2) is 9.65. The summed E-state index contributed by atoms with van der Waals surface area (Å²) in [6.45, 7) is 6.44. The van der Waals surface area contributed by atoms with Gasteiger partial charge in [0, 0.05) is 5.56 Å². The highest BCUT2D eigenvalue weighted by Gasteiger charge is 2.23. The summed E-state index contributed by atoms with van der Waals surface area (Å²) in [7, 11) is 0. The van der Waals surface area contributed by atoms with Gasteiger partial charge in [0.15, 0.2) is 5.78 Å². The third kappa shape index (κ3) is 5.20. The van der Waals surface area contributed by atoms with Gasteiger partial charge >= 0.3 is 0 Å². The predicted molar refractivity (Wildman–Crippen MR) is 118 cm³/mol. The Labute approximate surface area is 173 Å². The number of halogens is 1. The number of hydrogen-bond donors (Lipinski definition) is 0. The molecule has 0 aliphatic rings. The standard InChI is InChI=1S/C27H29FO/c1-4-21(5-2)22-12-8-20(9-13-22)18-26(23-14-16-25(28)17-15-23)27(29)24-10-6-19(3)7-11-24/h6-17,21,26H,4-5,18H2,1-3H3. The van der Waals surface area contributed by atoms with Crippen molar-refractivity contribution in [2.24, 2.45) is 0 Å². The van der Waals surface area contributed by atoms with Crippen molar-refractivity contribution in [2.75, 3.05) is 0 Å². The highest BCUT2D eigenvalue weighted by atomic mass is 19.1. The number of carbonyl (C=O) groups is 1. The van der Waals surface area contributed by atoms with Gasteiger partial charge in [-0.3, -0.25) is 4.79 Å². The molecule has 0 saturated carbocycles. The minimum atomic E-state index is -0.336. The maximum atomic E-state index is 13.4. The molecule has 2 heteroatoms. The zero-order valence-corrected chi connectivity index (χ0v) is 17.5. The fraction of sp³-hybridized carbons (Fsp3) is 0.296. The number of ketones is 1. The Kier molecular flexibility index (Phi) is 6.98. The van der Waals surface area contributed by atoms with E-state index in [0.717, 1.165) is 29.5 Å². The molecule has 29 heavy (non-hydrogen) atoms. The van der Waals surface area contributed by atoms with Crippen LogP contribution in [0.2, 0.25) is 0 Å². The first-order chi connectivity index (χ1) is 14.0. The Morgan fingerprint density at radius 3 is 1.90 bits per heavy atom. The lowest BCUT2D eigenvalue weighted by Crippen LogP contribution is -2.16. The summed E-state index contributed by atoms with van der Waals surface area (Å²) in [5.41, 5.74) is 5.13. The van der Waals surface area contributed by atoms with Crippen LogP contribution in [0.15, 0.2) is 72.8 Å².